The second-order valence-corrected chi connectivity index (χ2v) is 7.80. The number of anilines is 2. The van der Waals surface area contributed by atoms with Crippen LogP contribution in [0.3, 0.4) is 0 Å². The Balaban J connectivity index is 1.45. The second-order valence-electron chi connectivity index (χ2n) is 7.80. The average Bonchev–Trinajstić information content (AvgIpc) is 3.24. The minimum absolute atomic E-state index is 0.00600. The van der Waals surface area contributed by atoms with Gasteiger partial charge in [-0.2, -0.15) is 5.26 Å². The monoisotopic (exact) mass is 459 g/mol. The summed E-state index contributed by atoms with van der Waals surface area (Å²) in [6, 6.07) is 16.7. The molecule has 3 aromatic rings. The summed E-state index contributed by atoms with van der Waals surface area (Å²) in [5.41, 5.74) is 8.73. The minimum Gasteiger partial charge on any atom is -0.497 e. The van der Waals surface area contributed by atoms with Gasteiger partial charge in [-0.15, -0.1) is 0 Å². The van der Waals surface area contributed by atoms with Crippen molar-refractivity contribution in [2.45, 2.75) is 0 Å². The third-order valence-electron chi connectivity index (χ3n) is 5.94. The zero-order valence-corrected chi connectivity index (χ0v) is 19.0. The summed E-state index contributed by atoms with van der Waals surface area (Å²) < 4.78 is 11.6. The molecule has 1 aliphatic rings. The molecule has 2 aromatic carbocycles. The van der Waals surface area contributed by atoms with Crippen molar-refractivity contribution in [1.82, 2.24) is 9.47 Å². The van der Waals surface area contributed by atoms with Gasteiger partial charge in [0.05, 0.1) is 25.5 Å². The van der Waals surface area contributed by atoms with Crippen molar-refractivity contribution in [2.24, 2.45) is 0 Å². The standard InChI is InChI=1S/C25H25N5O4/c1-33-21-9-3-17(4-10-21)24(31)29-13-11-28(12-14-29)19-5-7-20(8-6-19)30-16-18(15-26)22(27)23(30)25(32)34-2/h3-10,16H,11-14,27H2,1-2H3. The van der Waals surface area contributed by atoms with Crippen molar-refractivity contribution in [3.63, 3.8) is 0 Å². The smallest absolute Gasteiger partial charge is 0.357 e. The van der Waals surface area contributed by atoms with Crippen molar-refractivity contribution < 1.29 is 19.1 Å². The van der Waals surface area contributed by atoms with Crippen LogP contribution in [0.25, 0.3) is 5.69 Å². The van der Waals surface area contributed by atoms with Gasteiger partial charge in [0.25, 0.3) is 5.91 Å². The number of esters is 1. The summed E-state index contributed by atoms with van der Waals surface area (Å²) in [5.74, 6) is 0.113. The highest BCUT2D eigenvalue weighted by molar-refractivity contribution is 5.96. The first-order valence-electron chi connectivity index (χ1n) is 10.7. The van der Waals surface area contributed by atoms with Gasteiger partial charge >= 0.3 is 5.97 Å². The molecule has 0 radical (unpaired) electrons. The Labute approximate surface area is 197 Å². The molecule has 9 nitrogen and oxygen atoms in total. The van der Waals surface area contributed by atoms with Crippen molar-refractivity contribution in [3.8, 4) is 17.5 Å². The molecular formula is C25H25N5O4. The molecule has 4 rings (SSSR count). The zero-order valence-electron chi connectivity index (χ0n) is 19.0. The van der Waals surface area contributed by atoms with Gasteiger partial charge in [-0.25, -0.2) is 4.79 Å². The van der Waals surface area contributed by atoms with Crippen LogP contribution in [0.4, 0.5) is 11.4 Å². The number of nitrogen functional groups attached to an aromatic ring is 1. The SMILES string of the molecule is COC(=O)c1c(N)c(C#N)cn1-c1ccc(N2CCN(C(=O)c3ccc(OC)cc3)CC2)cc1. The fourth-order valence-electron chi connectivity index (χ4n) is 4.03. The number of amides is 1. The normalized spacial score (nSPS) is 13.3. The number of hydrogen-bond donors (Lipinski definition) is 1. The second kappa shape index (κ2) is 9.58. The Morgan fingerprint density at radius 3 is 2.12 bits per heavy atom. The first-order valence-corrected chi connectivity index (χ1v) is 10.7. The molecule has 1 saturated heterocycles. The van der Waals surface area contributed by atoms with Crippen molar-refractivity contribution in [2.75, 3.05) is 51.0 Å². The molecule has 174 valence electrons. The van der Waals surface area contributed by atoms with Crippen molar-refractivity contribution in [1.29, 1.82) is 5.26 Å². The average molecular weight is 460 g/mol. The maximum atomic E-state index is 12.8. The Bertz CT molecular complexity index is 1230. The lowest BCUT2D eigenvalue weighted by molar-refractivity contribution is 0.0592. The van der Waals surface area contributed by atoms with E-state index in [-0.39, 0.29) is 22.9 Å². The summed E-state index contributed by atoms with van der Waals surface area (Å²) in [5, 5.41) is 9.29. The molecule has 0 spiro atoms. The molecule has 0 aliphatic carbocycles. The van der Waals surface area contributed by atoms with Gasteiger partial charge in [0.2, 0.25) is 0 Å². The summed E-state index contributed by atoms with van der Waals surface area (Å²) >= 11 is 0. The van der Waals surface area contributed by atoms with Crippen LogP contribution in [-0.4, -0.2) is 61.7 Å². The number of nitrogens with two attached hydrogens (primary N) is 1. The lowest BCUT2D eigenvalue weighted by Gasteiger charge is -2.36. The quantitative estimate of drug-likeness (QED) is 0.584. The Hall–Kier alpha value is -4.45. The van der Waals surface area contributed by atoms with E-state index in [9.17, 15) is 14.9 Å². The van der Waals surface area contributed by atoms with Gasteiger partial charge in [-0.05, 0) is 48.5 Å². The van der Waals surface area contributed by atoms with Gasteiger partial charge in [-0.3, -0.25) is 4.79 Å². The maximum absolute atomic E-state index is 12.8. The fourth-order valence-corrected chi connectivity index (χ4v) is 4.03. The van der Waals surface area contributed by atoms with E-state index in [2.05, 4.69) is 4.90 Å². The van der Waals surface area contributed by atoms with Crippen LogP contribution in [0.5, 0.6) is 5.75 Å². The van der Waals surface area contributed by atoms with Gasteiger partial charge in [0, 0.05) is 49.3 Å². The molecule has 0 bridgehead atoms. The molecule has 2 N–H and O–H groups in total. The number of rotatable bonds is 5. The molecule has 1 amide bonds. The topological polar surface area (TPSA) is 114 Å². The van der Waals surface area contributed by atoms with Crippen LogP contribution >= 0.6 is 0 Å². The molecule has 34 heavy (non-hydrogen) atoms. The van der Waals surface area contributed by atoms with E-state index < -0.39 is 5.97 Å². The first kappa shape index (κ1) is 22.7. The van der Waals surface area contributed by atoms with Gasteiger partial charge in [-0.1, -0.05) is 0 Å². The molecule has 9 heteroatoms. The predicted molar refractivity (Wildman–Crippen MR) is 127 cm³/mol. The molecule has 0 saturated carbocycles. The van der Waals surface area contributed by atoms with Crippen molar-refractivity contribution >= 4 is 23.3 Å². The van der Waals surface area contributed by atoms with Gasteiger partial charge in [0.15, 0.2) is 5.69 Å². The Kier molecular flexibility index (Phi) is 6.41. The highest BCUT2D eigenvalue weighted by Crippen LogP contribution is 2.26. The molecule has 1 aliphatic heterocycles. The van der Waals surface area contributed by atoms with E-state index >= 15 is 0 Å². The van der Waals surface area contributed by atoms with Crippen molar-refractivity contribution in [3.05, 3.63) is 71.5 Å². The molecule has 0 unspecified atom stereocenters. The van der Waals surface area contributed by atoms with Crippen LogP contribution in [0.15, 0.2) is 54.7 Å². The summed E-state index contributed by atoms with van der Waals surface area (Å²) in [6.45, 7) is 2.62. The largest absolute Gasteiger partial charge is 0.497 e. The number of carbonyl (C=O) groups excluding carboxylic acids is 2. The van der Waals surface area contributed by atoms with E-state index in [1.807, 2.05) is 35.2 Å². The maximum Gasteiger partial charge on any atom is 0.357 e. The summed E-state index contributed by atoms with van der Waals surface area (Å²) in [6.07, 6.45) is 1.53. The van der Waals surface area contributed by atoms with Crippen LogP contribution in [0.1, 0.15) is 26.4 Å². The zero-order chi connectivity index (χ0) is 24.2. The fraction of sp³-hybridized carbons (Fsp3) is 0.240. The van der Waals surface area contributed by atoms with Crippen LogP contribution in [0.2, 0.25) is 0 Å². The minimum atomic E-state index is -0.610. The van der Waals surface area contributed by atoms with Crippen LogP contribution in [-0.2, 0) is 4.74 Å². The predicted octanol–water partition coefficient (Wildman–Crippen LogP) is 2.69. The molecule has 1 aromatic heterocycles. The summed E-state index contributed by atoms with van der Waals surface area (Å²) in [7, 11) is 2.87. The molecule has 1 fully saturated rings. The number of ether oxygens (including phenoxy) is 2. The van der Waals surface area contributed by atoms with E-state index in [1.165, 1.54) is 13.3 Å². The lowest BCUT2D eigenvalue weighted by Crippen LogP contribution is -2.48. The number of carbonyl (C=O) groups is 2. The number of piperazine rings is 1. The van der Waals surface area contributed by atoms with E-state index in [4.69, 9.17) is 15.2 Å². The van der Waals surface area contributed by atoms with Crippen LogP contribution < -0.4 is 15.4 Å². The molecule has 0 atom stereocenters. The third kappa shape index (κ3) is 4.26. The number of hydrogen-bond acceptors (Lipinski definition) is 7. The highest BCUT2D eigenvalue weighted by atomic mass is 16.5. The van der Waals surface area contributed by atoms with Gasteiger partial charge < -0.3 is 29.6 Å². The third-order valence-corrected chi connectivity index (χ3v) is 5.94. The number of aromatic nitrogens is 1. The van der Waals surface area contributed by atoms with Gasteiger partial charge in [0.1, 0.15) is 11.8 Å². The number of nitriles is 1. The number of nitrogens with zero attached hydrogens (tertiary/aromatic N) is 4. The molecule has 2 heterocycles. The summed E-state index contributed by atoms with van der Waals surface area (Å²) in [4.78, 5) is 29.1. The lowest BCUT2D eigenvalue weighted by atomic mass is 10.1. The first-order chi connectivity index (χ1) is 16.5. The number of benzene rings is 2. The Morgan fingerprint density at radius 1 is 0.941 bits per heavy atom. The Morgan fingerprint density at radius 2 is 1.56 bits per heavy atom. The molecular weight excluding hydrogens is 434 g/mol. The number of methoxy groups -OCH3 is 2. The van der Waals surface area contributed by atoms with E-state index in [0.717, 1.165) is 11.4 Å². The van der Waals surface area contributed by atoms with E-state index in [1.54, 1.807) is 35.9 Å². The van der Waals surface area contributed by atoms with Crippen LogP contribution in [0, 0.1) is 11.3 Å². The van der Waals surface area contributed by atoms with E-state index in [0.29, 0.717) is 37.4 Å². The highest BCUT2D eigenvalue weighted by Gasteiger charge is 2.24.